The maximum absolute atomic E-state index is 6.02. The normalized spacial score (nSPS) is 30.5. The fourth-order valence-electron chi connectivity index (χ4n) is 4.98. The van der Waals surface area contributed by atoms with Crippen molar-refractivity contribution >= 4 is 5.69 Å². The molecule has 3 fully saturated rings. The van der Waals surface area contributed by atoms with Crippen molar-refractivity contribution in [2.24, 2.45) is 11.3 Å². The molecule has 2 aliphatic carbocycles. The lowest BCUT2D eigenvalue weighted by Crippen LogP contribution is -2.68. The van der Waals surface area contributed by atoms with Gasteiger partial charge in [-0.3, -0.25) is 4.68 Å². The zero-order chi connectivity index (χ0) is 15.3. The number of anilines is 1. The molecule has 1 N–H and O–H groups in total. The maximum Gasteiger partial charge on any atom is 0.0699 e. The van der Waals surface area contributed by atoms with Crippen LogP contribution in [0.25, 0.3) is 0 Å². The maximum atomic E-state index is 6.02. The van der Waals surface area contributed by atoms with E-state index in [4.69, 9.17) is 4.74 Å². The number of fused-ring (bicyclic) bond motifs is 2. The van der Waals surface area contributed by atoms with Gasteiger partial charge in [-0.1, -0.05) is 18.6 Å². The lowest BCUT2D eigenvalue weighted by Gasteiger charge is -2.63. The van der Waals surface area contributed by atoms with Crippen LogP contribution < -0.4 is 5.32 Å². The smallest absolute Gasteiger partial charge is 0.0699 e. The first-order chi connectivity index (χ1) is 11.4. The molecule has 120 valence electrons. The van der Waals surface area contributed by atoms with E-state index in [0.29, 0.717) is 23.5 Å². The summed E-state index contributed by atoms with van der Waals surface area (Å²) in [6.45, 7) is 1.78. The quantitative estimate of drug-likeness (QED) is 0.942. The minimum Gasteiger partial charge on any atom is -0.381 e. The van der Waals surface area contributed by atoms with E-state index in [2.05, 4.69) is 34.7 Å². The van der Waals surface area contributed by atoms with Crippen LogP contribution in [-0.4, -0.2) is 28.5 Å². The molecule has 2 aromatic rings. The molecule has 5 rings (SSSR count). The van der Waals surface area contributed by atoms with Crippen molar-refractivity contribution in [3.05, 3.63) is 48.3 Å². The summed E-state index contributed by atoms with van der Waals surface area (Å²) in [5.74, 6) is 0.713. The molecule has 4 heteroatoms. The van der Waals surface area contributed by atoms with E-state index in [0.717, 1.165) is 13.2 Å². The van der Waals surface area contributed by atoms with Crippen molar-refractivity contribution in [2.75, 3.05) is 11.9 Å². The fourth-order valence-corrected chi connectivity index (χ4v) is 4.98. The van der Waals surface area contributed by atoms with E-state index in [9.17, 15) is 0 Å². The molecule has 1 aromatic carbocycles. The first-order valence-electron chi connectivity index (χ1n) is 8.80. The minimum absolute atomic E-state index is 0.430. The van der Waals surface area contributed by atoms with Gasteiger partial charge in [0.1, 0.15) is 0 Å². The van der Waals surface area contributed by atoms with Crippen LogP contribution in [0.15, 0.2) is 42.7 Å². The highest BCUT2D eigenvalue weighted by Crippen LogP contribution is 2.63. The first-order valence-corrected chi connectivity index (χ1v) is 8.80. The Kier molecular flexibility index (Phi) is 3.02. The monoisotopic (exact) mass is 309 g/mol. The Balaban J connectivity index is 1.34. The van der Waals surface area contributed by atoms with Crippen LogP contribution in [-0.2, 0) is 11.3 Å². The predicted octanol–water partition coefficient (Wildman–Crippen LogP) is 3.30. The molecule has 0 radical (unpaired) electrons. The largest absolute Gasteiger partial charge is 0.381 e. The van der Waals surface area contributed by atoms with Crippen molar-refractivity contribution in [3.8, 4) is 0 Å². The van der Waals surface area contributed by atoms with E-state index < -0.39 is 0 Å². The third-order valence-electron chi connectivity index (χ3n) is 6.19. The van der Waals surface area contributed by atoms with Crippen molar-refractivity contribution < 1.29 is 4.74 Å². The Labute approximate surface area is 136 Å². The topological polar surface area (TPSA) is 39.1 Å². The fraction of sp³-hybridized carbons (Fsp3) is 0.526. The van der Waals surface area contributed by atoms with Crippen molar-refractivity contribution in [1.29, 1.82) is 0 Å². The van der Waals surface area contributed by atoms with E-state index >= 15 is 0 Å². The lowest BCUT2D eigenvalue weighted by atomic mass is 9.46. The summed E-state index contributed by atoms with van der Waals surface area (Å²) in [6, 6.07) is 11.4. The molecule has 3 aliphatic rings. The highest BCUT2D eigenvalue weighted by Gasteiger charge is 2.66. The molecule has 1 spiro atoms. The summed E-state index contributed by atoms with van der Waals surface area (Å²) in [5, 5.41) is 8.15. The standard InChI is InChI=1S/C19H23N3O/c1-4-14(13-22-10-3-9-20-22)12-15(5-1)21-17-16-6-11-23-18(16)19(17)7-2-8-19/h1,3-5,9-10,12,16-18,21H,2,6-8,11,13H2/t16-,17-,18-/m1/s1. The molecule has 1 aromatic heterocycles. The van der Waals surface area contributed by atoms with Gasteiger partial charge in [0.05, 0.1) is 12.6 Å². The number of nitrogens with one attached hydrogen (secondary N) is 1. The zero-order valence-corrected chi connectivity index (χ0v) is 13.3. The van der Waals surface area contributed by atoms with Gasteiger partial charge in [-0.05, 0) is 43.0 Å². The lowest BCUT2D eigenvalue weighted by molar-refractivity contribution is -0.158. The van der Waals surface area contributed by atoms with Crippen molar-refractivity contribution in [2.45, 2.75) is 44.4 Å². The summed E-state index contributed by atoms with van der Waals surface area (Å²) in [6.07, 6.45) is 9.62. The summed E-state index contributed by atoms with van der Waals surface area (Å²) in [4.78, 5) is 0. The third kappa shape index (κ3) is 2.04. The summed E-state index contributed by atoms with van der Waals surface area (Å²) >= 11 is 0. The van der Waals surface area contributed by atoms with E-state index in [1.54, 1.807) is 0 Å². The second-order valence-electron chi connectivity index (χ2n) is 7.36. The van der Waals surface area contributed by atoms with Crippen molar-refractivity contribution in [1.82, 2.24) is 9.78 Å². The SMILES string of the molecule is c1cc(Cn2cccn2)cc(N[C@@H]2[C@H]3CCO[C@H]3C23CCC3)c1. The second kappa shape index (κ2) is 5.10. The number of hydrogen-bond donors (Lipinski definition) is 1. The zero-order valence-electron chi connectivity index (χ0n) is 13.3. The Morgan fingerprint density at radius 2 is 2.26 bits per heavy atom. The van der Waals surface area contributed by atoms with Crippen LogP contribution in [0.5, 0.6) is 0 Å². The van der Waals surface area contributed by atoms with Crippen molar-refractivity contribution in [3.63, 3.8) is 0 Å². The Hall–Kier alpha value is -1.81. The van der Waals surface area contributed by atoms with Crippen LogP contribution >= 0.6 is 0 Å². The van der Waals surface area contributed by atoms with Crippen LogP contribution in [0.1, 0.15) is 31.2 Å². The molecule has 1 saturated heterocycles. The van der Waals surface area contributed by atoms with E-state index in [1.807, 2.05) is 23.1 Å². The number of rotatable bonds is 4. The number of hydrogen-bond acceptors (Lipinski definition) is 3. The van der Waals surface area contributed by atoms with Gasteiger partial charge in [-0.15, -0.1) is 0 Å². The average molecular weight is 309 g/mol. The van der Waals surface area contributed by atoms with Gasteiger partial charge in [0, 0.05) is 42.1 Å². The molecule has 3 atom stereocenters. The predicted molar refractivity (Wildman–Crippen MR) is 89.3 cm³/mol. The first kappa shape index (κ1) is 13.6. The molecular weight excluding hydrogens is 286 g/mol. The molecule has 1 aliphatic heterocycles. The minimum atomic E-state index is 0.430. The van der Waals surface area contributed by atoms with Gasteiger partial charge < -0.3 is 10.1 Å². The highest BCUT2D eigenvalue weighted by atomic mass is 16.5. The van der Waals surface area contributed by atoms with Gasteiger partial charge in [0.2, 0.25) is 0 Å². The summed E-state index contributed by atoms with van der Waals surface area (Å²) in [5.41, 5.74) is 2.97. The van der Waals surface area contributed by atoms with Gasteiger partial charge in [0.25, 0.3) is 0 Å². The summed E-state index contributed by atoms with van der Waals surface area (Å²) in [7, 11) is 0. The van der Waals surface area contributed by atoms with Crippen LogP contribution in [0.4, 0.5) is 5.69 Å². The number of ether oxygens (including phenoxy) is 1. The van der Waals surface area contributed by atoms with E-state index in [-0.39, 0.29) is 0 Å². The van der Waals surface area contributed by atoms with Gasteiger partial charge >= 0.3 is 0 Å². The van der Waals surface area contributed by atoms with Crippen LogP contribution in [0, 0.1) is 11.3 Å². The van der Waals surface area contributed by atoms with Gasteiger partial charge in [-0.25, -0.2) is 0 Å². The molecule has 0 amide bonds. The molecule has 0 bridgehead atoms. The Morgan fingerprint density at radius 1 is 1.30 bits per heavy atom. The second-order valence-corrected chi connectivity index (χ2v) is 7.36. The number of nitrogens with zero attached hydrogens (tertiary/aromatic N) is 2. The van der Waals surface area contributed by atoms with Crippen LogP contribution in [0.2, 0.25) is 0 Å². The van der Waals surface area contributed by atoms with Crippen LogP contribution in [0.3, 0.4) is 0 Å². The van der Waals surface area contributed by atoms with Gasteiger partial charge in [-0.2, -0.15) is 5.10 Å². The highest BCUT2D eigenvalue weighted by molar-refractivity contribution is 5.49. The molecule has 23 heavy (non-hydrogen) atoms. The molecule has 2 saturated carbocycles. The molecular formula is C19H23N3O. The molecule has 0 unspecified atom stereocenters. The molecule has 4 nitrogen and oxygen atoms in total. The van der Waals surface area contributed by atoms with E-state index in [1.165, 1.54) is 36.9 Å². The van der Waals surface area contributed by atoms with Gasteiger partial charge in [0.15, 0.2) is 0 Å². The average Bonchev–Trinajstić information content (AvgIpc) is 3.14. The molecule has 2 heterocycles. The Morgan fingerprint density at radius 3 is 3.04 bits per heavy atom. The third-order valence-corrected chi connectivity index (χ3v) is 6.19. The Bertz CT molecular complexity index is 692. The number of aromatic nitrogens is 2. The number of benzene rings is 1. The summed E-state index contributed by atoms with van der Waals surface area (Å²) < 4.78 is 7.99.